The Morgan fingerprint density at radius 1 is 0.667 bits per heavy atom. The minimum atomic E-state index is 1.30. The van der Waals surface area contributed by atoms with Gasteiger partial charge in [0, 0.05) is 0 Å². The lowest BCUT2D eigenvalue weighted by molar-refractivity contribution is 1.30. The van der Waals surface area contributed by atoms with Gasteiger partial charge in [0.2, 0.25) is 0 Å². The van der Waals surface area contributed by atoms with Crippen molar-refractivity contribution in [1.29, 1.82) is 0 Å². The molecule has 0 amide bonds. The molecule has 0 saturated carbocycles. The molecule has 0 bridgehead atoms. The van der Waals surface area contributed by atoms with Crippen LogP contribution in [0.2, 0.25) is 0 Å². The largest absolute Gasteiger partial charge is 0.0622 e. The molecule has 0 nitrogen and oxygen atoms in total. The lowest BCUT2D eigenvalue weighted by atomic mass is 9.96. The van der Waals surface area contributed by atoms with Crippen molar-refractivity contribution in [3.63, 3.8) is 0 Å². The number of aryl methyl sites for hydroxylation is 3. The fraction of sp³-hybridized carbons (Fsp3) is 0.200. The molecule has 2 rings (SSSR count). The molecule has 0 N–H and O–H groups in total. The van der Waals surface area contributed by atoms with Crippen LogP contribution < -0.4 is 0 Å². The molecule has 0 unspecified atom stereocenters. The molecule has 2 aromatic carbocycles. The standard InChI is InChI=1S/C15H16/c1-11-9-13(3)15(10-12(11)2)14-7-5-4-6-8-14/h4-10H,1-3H3. The van der Waals surface area contributed by atoms with Crippen LogP contribution in [0.4, 0.5) is 0 Å². The predicted molar refractivity (Wildman–Crippen MR) is 66.1 cm³/mol. The van der Waals surface area contributed by atoms with Crippen LogP contribution in [0.3, 0.4) is 0 Å². The third-order valence-electron chi connectivity index (χ3n) is 2.93. The third-order valence-corrected chi connectivity index (χ3v) is 2.93. The second-order valence-corrected chi connectivity index (χ2v) is 4.12. The Bertz CT molecular complexity index is 467. The first-order chi connectivity index (χ1) is 7.18. The molecule has 0 aliphatic carbocycles. The summed E-state index contributed by atoms with van der Waals surface area (Å²) in [6, 6.07) is 15.1. The van der Waals surface area contributed by atoms with Crippen molar-refractivity contribution in [1.82, 2.24) is 0 Å². The number of rotatable bonds is 1. The number of hydrogen-bond acceptors (Lipinski definition) is 0. The van der Waals surface area contributed by atoms with E-state index < -0.39 is 0 Å². The Hall–Kier alpha value is -1.56. The van der Waals surface area contributed by atoms with Gasteiger partial charge in [-0.15, -0.1) is 0 Å². The van der Waals surface area contributed by atoms with Crippen molar-refractivity contribution in [3.05, 3.63) is 59.2 Å². The maximum absolute atomic E-state index is 2.28. The molecule has 0 saturated heterocycles. The Morgan fingerprint density at radius 3 is 1.93 bits per heavy atom. The van der Waals surface area contributed by atoms with E-state index in [1.165, 1.54) is 27.8 Å². The van der Waals surface area contributed by atoms with Gasteiger partial charge >= 0.3 is 0 Å². The maximum atomic E-state index is 2.28. The summed E-state index contributed by atoms with van der Waals surface area (Å²) < 4.78 is 0. The van der Waals surface area contributed by atoms with Crippen LogP contribution in [-0.2, 0) is 0 Å². The van der Waals surface area contributed by atoms with Crippen molar-refractivity contribution < 1.29 is 0 Å². The van der Waals surface area contributed by atoms with E-state index in [1.54, 1.807) is 0 Å². The number of hydrogen-bond donors (Lipinski definition) is 0. The monoisotopic (exact) mass is 196 g/mol. The predicted octanol–water partition coefficient (Wildman–Crippen LogP) is 4.28. The van der Waals surface area contributed by atoms with Gasteiger partial charge in [0.15, 0.2) is 0 Å². The zero-order valence-electron chi connectivity index (χ0n) is 9.54. The second kappa shape index (κ2) is 3.90. The van der Waals surface area contributed by atoms with Gasteiger partial charge in [-0.1, -0.05) is 42.5 Å². The molecule has 76 valence electrons. The van der Waals surface area contributed by atoms with Gasteiger partial charge in [0.1, 0.15) is 0 Å². The molecule has 15 heavy (non-hydrogen) atoms. The quantitative estimate of drug-likeness (QED) is 0.638. The minimum Gasteiger partial charge on any atom is -0.0622 e. The number of benzene rings is 2. The van der Waals surface area contributed by atoms with E-state index in [4.69, 9.17) is 0 Å². The molecular formula is C15H16. The first kappa shape index (κ1) is 9.97. The second-order valence-electron chi connectivity index (χ2n) is 4.12. The summed E-state index contributed by atoms with van der Waals surface area (Å²) in [6.07, 6.45) is 0. The van der Waals surface area contributed by atoms with Gasteiger partial charge in [-0.2, -0.15) is 0 Å². The van der Waals surface area contributed by atoms with Gasteiger partial charge in [0.25, 0.3) is 0 Å². The summed E-state index contributed by atoms with van der Waals surface area (Å²) >= 11 is 0. The normalized spacial score (nSPS) is 10.3. The molecule has 0 atom stereocenters. The molecule has 0 aliphatic heterocycles. The highest BCUT2D eigenvalue weighted by molar-refractivity contribution is 5.68. The zero-order valence-corrected chi connectivity index (χ0v) is 9.54. The molecule has 0 fully saturated rings. The van der Waals surface area contributed by atoms with Crippen LogP contribution in [-0.4, -0.2) is 0 Å². The lowest BCUT2D eigenvalue weighted by Gasteiger charge is -2.09. The minimum absolute atomic E-state index is 1.30. The van der Waals surface area contributed by atoms with E-state index in [1.807, 2.05) is 0 Å². The Balaban J connectivity index is 2.59. The average molecular weight is 196 g/mol. The van der Waals surface area contributed by atoms with Gasteiger partial charge in [0.05, 0.1) is 0 Å². The Kier molecular flexibility index (Phi) is 2.59. The van der Waals surface area contributed by atoms with Crippen molar-refractivity contribution in [2.24, 2.45) is 0 Å². The summed E-state index contributed by atoms with van der Waals surface area (Å²) in [6.45, 7) is 6.51. The van der Waals surface area contributed by atoms with Crippen molar-refractivity contribution >= 4 is 0 Å². The first-order valence-corrected chi connectivity index (χ1v) is 5.32. The van der Waals surface area contributed by atoms with E-state index in [2.05, 4.69) is 63.2 Å². The lowest BCUT2D eigenvalue weighted by Crippen LogP contribution is -1.88. The van der Waals surface area contributed by atoms with Gasteiger partial charge in [-0.25, -0.2) is 0 Å². The van der Waals surface area contributed by atoms with Crippen LogP contribution in [0.25, 0.3) is 11.1 Å². The van der Waals surface area contributed by atoms with Crippen molar-refractivity contribution in [2.45, 2.75) is 20.8 Å². The SMILES string of the molecule is Cc1cc(C)c(-c2ccccc2)cc1C. The van der Waals surface area contributed by atoms with E-state index in [0.717, 1.165) is 0 Å². The topological polar surface area (TPSA) is 0 Å². The maximum Gasteiger partial charge on any atom is -0.0152 e. The summed E-state index contributed by atoms with van der Waals surface area (Å²) in [4.78, 5) is 0. The fourth-order valence-electron chi connectivity index (χ4n) is 1.89. The molecule has 0 heterocycles. The van der Waals surface area contributed by atoms with E-state index >= 15 is 0 Å². The van der Waals surface area contributed by atoms with Gasteiger partial charge < -0.3 is 0 Å². The van der Waals surface area contributed by atoms with Crippen molar-refractivity contribution in [2.75, 3.05) is 0 Å². The van der Waals surface area contributed by atoms with Crippen LogP contribution in [0, 0.1) is 20.8 Å². The highest BCUT2D eigenvalue weighted by Crippen LogP contribution is 2.25. The summed E-state index contributed by atoms with van der Waals surface area (Å²) in [5, 5.41) is 0. The van der Waals surface area contributed by atoms with E-state index in [0.29, 0.717) is 0 Å². The van der Waals surface area contributed by atoms with Crippen LogP contribution in [0.5, 0.6) is 0 Å². The molecule has 0 spiro atoms. The van der Waals surface area contributed by atoms with E-state index in [9.17, 15) is 0 Å². The van der Waals surface area contributed by atoms with Gasteiger partial charge in [-0.05, 0) is 48.6 Å². The fourth-order valence-corrected chi connectivity index (χ4v) is 1.89. The van der Waals surface area contributed by atoms with E-state index in [-0.39, 0.29) is 0 Å². The van der Waals surface area contributed by atoms with Crippen LogP contribution in [0.1, 0.15) is 16.7 Å². The third kappa shape index (κ3) is 1.94. The molecule has 0 aliphatic rings. The van der Waals surface area contributed by atoms with Crippen LogP contribution in [0.15, 0.2) is 42.5 Å². The van der Waals surface area contributed by atoms with Crippen molar-refractivity contribution in [3.8, 4) is 11.1 Å². The van der Waals surface area contributed by atoms with Crippen LogP contribution >= 0.6 is 0 Å². The molecule has 0 heteroatoms. The summed E-state index contributed by atoms with van der Waals surface area (Å²) in [5.41, 5.74) is 6.73. The molecule has 2 aromatic rings. The highest BCUT2D eigenvalue weighted by atomic mass is 14.1. The smallest absolute Gasteiger partial charge is 0.0152 e. The molecular weight excluding hydrogens is 180 g/mol. The Morgan fingerprint density at radius 2 is 1.27 bits per heavy atom. The molecule has 0 radical (unpaired) electrons. The first-order valence-electron chi connectivity index (χ1n) is 5.32. The average Bonchev–Trinajstić information content (AvgIpc) is 2.25. The Labute approximate surface area is 91.6 Å². The zero-order chi connectivity index (χ0) is 10.8. The summed E-state index contributed by atoms with van der Waals surface area (Å²) in [7, 11) is 0. The molecule has 0 aromatic heterocycles. The summed E-state index contributed by atoms with van der Waals surface area (Å²) in [5.74, 6) is 0. The highest BCUT2D eigenvalue weighted by Gasteiger charge is 2.03. The van der Waals surface area contributed by atoms with Gasteiger partial charge in [-0.3, -0.25) is 0 Å².